The summed E-state index contributed by atoms with van der Waals surface area (Å²) in [6.45, 7) is 4.15. The molecule has 2 N–H and O–H groups in total. The fraction of sp³-hybridized carbons (Fsp3) is 0.250. The van der Waals surface area contributed by atoms with Crippen molar-refractivity contribution >= 4 is 11.9 Å². The van der Waals surface area contributed by atoms with Gasteiger partial charge in [0.2, 0.25) is 11.9 Å². The van der Waals surface area contributed by atoms with Gasteiger partial charge < -0.3 is 15.1 Å². The van der Waals surface area contributed by atoms with Crippen molar-refractivity contribution in [3.05, 3.63) is 77.5 Å². The van der Waals surface area contributed by atoms with Gasteiger partial charge in [0.1, 0.15) is 11.8 Å². The molecule has 0 fully saturated rings. The van der Waals surface area contributed by atoms with Gasteiger partial charge >= 0.3 is 0 Å². The highest BCUT2D eigenvalue weighted by molar-refractivity contribution is 5.84. The van der Waals surface area contributed by atoms with Crippen molar-refractivity contribution in [1.29, 1.82) is 0 Å². The Kier molecular flexibility index (Phi) is 5.63. The van der Waals surface area contributed by atoms with Crippen LogP contribution in [-0.2, 0) is 17.8 Å². The quantitative estimate of drug-likeness (QED) is 0.685. The van der Waals surface area contributed by atoms with E-state index in [0.29, 0.717) is 24.7 Å². The molecule has 0 saturated heterocycles. The smallest absolute Gasteiger partial charge is 0.243 e. The summed E-state index contributed by atoms with van der Waals surface area (Å²) in [6.07, 6.45) is 2.12. The fourth-order valence-electron chi connectivity index (χ4n) is 2.72. The summed E-state index contributed by atoms with van der Waals surface area (Å²) in [5, 5.41) is 6.08. The van der Waals surface area contributed by atoms with Crippen LogP contribution < -0.4 is 10.6 Å². The first-order valence-corrected chi connectivity index (χ1v) is 8.53. The minimum absolute atomic E-state index is 0.131. The molecule has 3 aromatic rings. The first-order chi connectivity index (χ1) is 12.6. The maximum Gasteiger partial charge on any atom is 0.243 e. The molecule has 3 rings (SSSR count). The number of rotatable bonds is 7. The minimum Gasteiger partial charge on any atom is -0.467 e. The van der Waals surface area contributed by atoms with Gasteiger partial charge in [-0.15, -0.1) is 0 Å². The van der Waals surface area contributed by atoms with Crippen LogP contribution in [0.4, 0.5) is 5.95 Å². The van der Waals surface area contributed by atoms with E-state index in [4.69, 9.17) is 4.42 Å². The Hall–Kier alpha value is -3.15. The van der Waals surface area contributed by atoms with Crippen LogP contribution in [-0.4, -0.2) is 21.9 Å². The van der Waals surface area contributed by atoms with Crippen molar-refractivity contribution in [2.45, 2.75) is 32.9 Å². The maximum absolute atomic E-state index is 12.7. The Bertz CT molecular complexity index is 827. The second-order valence-corrected chi connectivity index (χ2v) is 6.16. The molecule has 134 valence electrons. The van der Waals surface area contributed by atoms with E-state index < -0.39 is 6.04 Å². The van der Waals surface area contributed by atoms with E-state index in [9.17, 15) is 4.79 Å². The van der Waals surface area contributed by atoms with Crippen LogP contribution in [0.2, 0.25) is 0 Å². The zero-order valence-electron chi connectivity index (χ0n) is 14.9. The van der Waals surface area contributed by atoms with Crippen LogP contribution in [0.15, 0.2) is 59.2 Å². The summed E-state index contributed by atoms with van der Waals surface area (Å²) in [5.41, 5.74) is 2.77. The van der Waals surface area contributed by atoms with Gasteiger partial charge in [-0.2, -0.15) is 0 Å². The third-order valence-electron chi connectivity index (χ3n) is 3.90. The second-order valence-electron chi connectivity index (χ2n) is 6.16. The van der Waals surface area contributed by atoms with Gasteiger partial charge in [0, 0.05) is 17.8 Å². The Labute approximate surface area is 152 Å². The first-order valence-electron chi connectivity index (χ1n) is 8.53. The third-order valence-corrected chi connectivity index (χ3v) is 3.90. The molecule has 1 aromatic carbocycles. The molecular weight excluding hydrogens is 328 g/mol. The van der Waals surface area contributed by atoms with Gasteiger partial charge in [-0.3, -0.25) is 4.79 Å². The van der Waals surface area contributed by atoms with E-state index in [1.54, 1.807) is 12.3 Å². The topological polar surface area (TPSA) is 80.0 Å². The molecule has 26 heavy (non-hydrogen) atoms. The summed E-state index contributed by atoms with van der Waals surface area (Å²) in [4.78, 5) is 21.5. The molecule has 0 radical (unpaired) electrons. The number of nitrogens with one attached hydrogen (secondary N) is 2. The molecule has 1 amide bonds. The molecule has 0 aliphatic heterocycles. The zero-order chi connectivity index (χ0) is 18.4. The maximum atomic E-state index is 12.7. The molecule has 2 aromatic heterocycles. The monoisotopic (exact) mass is 350 g/mol. The Morgan fingerprint density at radius 3 is 2.46 bits per heavy atom. The van der Waals surface area contributed by atoms with Gasteiger partial charge in [-0.1, -0.05) is 30.3 Å². The van der Waals surface area contributed by atoms with Gasteiger partial charge in [0.15, 0.2) is 0 Å². The second kappa shape index (κ2) is 8.29. The van der Waals surface area contributed by atoms with Crippen molar-refractivity contribution in [3.63, 3.8) is 0 Å². The lowest BCUT2D eigenvalue weighted by Gasteiger charge is -2.19. The van der Waals surface area contributed by atoms with Crippen LogP contribution >= 0.6 is 0 Å². The number of anilines is 1. The average Bonchev–Trinajstić information content (AvgIpc) is 3.13. The molecule has 2 heterocycles. The molecule has 0 bridgehead atoms. The van der Waals surface area contributed by atoms with Gasteiger partial charge in [-0.25, -0.2) is 9.97 Å². The molecule has 0 saturated carbocycles. The van der Waals surface area contributed by atoms with E-state index in [-0.39, 0.29) is 5.91 Å². The number of furan rings is 1. The molecular formula is C20H22N4O2. The number of carbonyl (C=O) groups is 1. The lowest BCUT2D eigenvalue weighted by molar-refractivity contribution is -0.122. The number of amides is 1. The number of aromatic nitrogens is 2. The molecule has 0 aliphatic carbocycles. The highest BCUT2D eigenvalue weighted by Crippen LogP contribution is 2.10. The predicted octanol–water partition coefficient (Wildman–Crippen LogP) is 3.03. The minimum atomic E-state index is -0.492. The molecule has 1 atom stereocenters. The average molecular weight is 350 g/mol. The van der Waals surface area contributed by atoms with E-state index in [2.05, 4.69) is 20.6 Å². The van der Waals surface area contributed by atoms with Crippen LogP contribution in [0.1, 0.15) is 22.7 Å². The van der Waals surface area contributed by atoms with Crippen LogP contribution in [0.3, 0.4) is 0 Å². The Balaban J connectivity index is 1.74. The van der Waals surface area contributed by atoms with E-state index >= 15 is 0 Å². The standard InChI is InChI=1S/C20H22N4O2/c1-14-11-15(2)23-20(22-14)24-18(12-16-7-4-3-5-8-16)19(25)21-13-17-9-6-10-26-17/h3-11,18H,12-13H2,1-2H3,(H,21,25)(H,22,23,24)/t18-/m1/s1. The third kappa shape index (κ3) is 4.92. The summed E-state index contributed by atoms with van der Waals surface area (Å²) in [5.74, 6) is 1.03. The van der Waals surface area contributed by atoms with Crippen molar-refractivity contribution in [1.82, 2.24) is 15.3 Å². The van der Waals surface area contributed by atoms with Gasteiger partial charge in [0.25, 0.3) is 0 Å². The van der Waals surface area contributed by atoms with E-state index in [1.165, 1.54) is 0 Å². The fourth-order valence-corrected chi connectivity index (χ4v) is 2.72. The van der Waals surface area contributed by atoms with Crippen molar-refractivity contribution in [2.75, 3.05) is 5.32 Å². The summed E-state index contributed by atoms with van der Waals surface area (Å²) in [7, 11) is 0. The van der Waals surface area contributed by atoms with Crippen molar-refractivity contribution in [3.8, 4) is 0 Å². The number of aryl methyl sites for hydroxylation is 2. The molecule has 0 unspecified atom stereocenters. The lowest BCUT2D eigenvalue weighted by atomic mass is 10.1. The number of nitrogens with zero attached hydrogens (tertiary/aromatic N) is 2. The van der Waals surface area contributed by atoms with Gasteiger partial charge in [0.05, 0.1) is 12.8 Å². The van der Waals surface area contributed by atoms with Crippen LogP contribution in [0.25, 0.3) is 0 Å². The number of hydrogen-bond acceptors (Lipinski definition) is 5. The highest BCUT2D eigenvalue weighted by Gasteiger charge is 2.20. The van der Waals surface area contributed by atoms with E-state index in [1.807, 2.05) is 56.3 Å². The molecule has 0 spiro atoms. The van der Waals surface area contributed by atoms with Crippen molar-refractivity contribution in [2.24, 2.45) is 0 Å². The lowest BCUT2D eigenvalue weighted by Crippen LogP contribution is -2.41. The van der Waals surface area contributed by atoms with E-state index in [0.717, 1.165) is 17.0 Å². The van der Waals surface area contributed by atoms with Gasteiger partial charge in [-0.05, 0) is 37.6 Å². The van der Waals surface area contributed by atoms with Crippen LogP contribution in [0, 0.1) is 13.8 Å². The first kappa shape index (κ1) is 17.7. The molecule has 6 heteroatoms. The zero-order valence-corrected chi connectivity index (χ0v) is 14.9. The SMILES string of the molecule is Cc1cc(C)nc(N[C@H](Cc2ccccc2)C(=O)NCc2ccco2)n1. The summed E-state index contributed by atoms with van der Waals surface area (Å²) >= 11 is 0. The highest BCUT2D eigenvalue weighted by atomic mass is 16.3. The predicted molar refractivity (Wildman–Crippen MR) is 99.6 cm³/mol. The normalized spacial score (nSPS) is 11.8. The van der Waals surface area contributed by atoms with Crippen LogP contribution in [0.5, 0.6) is 0 Å². The number of hydrogen-bond donors (Lipinski definition) is 2. The molecule has 0 aliphatic rings. The Morgan fingerprint density at radius 1 is 1.08 bits per heavy atom. The molecule has 6 nitrogen and oxygen atoms in total. The number of benzene rings is 1. The van der Waals surface area contributed by atoms with Crippen molar-refractivity contribution < 1.29 is 9.21 Å². The number of carbonyl (C=O) groups excluding carboxylic acids is 1. The summed E-state index contributed by atoms with van der Waals surface area (Å²) in [6, 6.07) is 14.9. The summed E-state index contributed by atoms with van der Waals surface area (Å²) < 4.78 is 5.27. The largest absolute Gasteiger partial charge is 0.467 e. The Morgan fingerprint density at radius 2 is 1.81 bits per heavy atom.